The van der Waals surface area contributed by atoms with Gasteiger partial charge in [-0.25, -0.2) is 4.79 Å². The van der Waals surface area contributed by atoms with Crippen LogP contribution in [-0.2, 0) is 19.1 Å². The smallest absolute Gasteiger partial charge is 0.407 e. The van der Waals surface area contributed by atoms with Crippen molar-refractivity contribution in [3.05, 3.63) is 23.8 Å². The van der Waals surface area contributed by atoms with Crippen molar-refractivity contribution in [1.82, 2.24) is 5.32 Å². The number of nitrogens with one attached hydrogen (secondary N) is 1. The number of thioether (sulfide) groups is 1. The largest absolute Gasteiger partial charge is 0.465 e. The Labute approximate surface area is 180 Å². The number of rotatable bonds is 7. The zero-order valence-electron chi connectivity index (χ0n) is 17.9. The fraction of sp³-hybridized carbons (Fsp3) is 0.524. The summed E-state index contributed by atoms with van der Waals surface area (Å²) < 4.78 is 10.1. The molecular weight excluding hydrogens is 408 g/mol. The van der Waals surface area contributed by atoms with Crippen LogP contribution in [0.2, 0.25) is 0 Å². The molecule has 0 bridgehead atoms. The third-order valence-electron chi connectivity index (χ3n) is 4.18. The molecule has 30 heavy (non-hydrogen) atoms. The number of carbonyl (C=O) groups excluding carboxylic acids is 4. The number of ketones is 1. The van der Waals surface area contributed by atoms with Crippen molar-refractivity contribution in [3.8, 4) is 0 Å². The summed E-state index contributed by atoms with van der Waals surface area (Å²) in [6, 6.07) is 5.20. The summed E-state index contributed by atoms with van der Waals surface area (Å²) in [4.78, 5) is 51.6. The van der Waals surface area contributed by atoms with Gasteiger partial charge in [0.15, 0.2) is 11.7 Å². The maximum atomic E-state index is 12.9. The number of hydrogen-bond acceptors (Lipinski definition) is 7. The predicted molar refractivity (Wildman–Crippen MR) is 114 cm³/mol. The van der Waals surface area contributed by atoms with Crippen LogP contribution in [0.5, 0.6) is 0 Å². The fourth-order valence-electron chi connectivity index (χ4n) is 2.98. The number of ether oxygens (including phenoxy) is 2. The van der Waals surface area contributed by atoms with E-state index in [9.17, 15) is 19.2 Å². The average molecular weight is 437 g/mol. The Bertz CT molecular complexity index is 833. The van der Waals surface area contributed by atoms with Crippen LogP contribution >= 0.6 is 11.8 Å². The molecule has 2 rings (SSSR count). The van der Waals surface area contributed by atoms with E-state index in [0.29, 0.717) is 30.1 Å². The lowest BCUT2D eigenvalue weighted by atomic mass is 9.90. The number of anilines is 1. The summed E-state index contributed by atoms with van der Waals surface area (Å²) in [5.74, 6) is -2.84. The van der Waals surface area contributed by atoms with Gasteiger partial charge in [-0.3, -0.25) is 14.4 Å². The van der Waals surface area contributed by atoms with Gasteiger partial charge in [0, 0.05) is 29.3 Å². The number of alkyl carbamates (subject to hydrolysis) is 1. The number of fused-ring (bicyclic) bond motifs is 1. The highest BCUT2D eigenvalue weighted by atomic mass is 32.2. The zero-order valence-corrected chi connectivity index (χ0v) is 18.8. The van der Waals surface area contributed by atoms with Crippen LogP contribution in [0.4, 0.5) is 10.5 Å². The summed E-state index contributed by atoms with van der Waals surface area (Å²) in [6.45, 7) is 9.59. The molecule has 0 spiro atoms. The van der Waals surface area contributed by atoms with Gasteiger partial charge >= 0.3 is 12.1 Å². The van der Waals surface area contributed by atoms with Crippen molar-refractivity contribution in [1.29, 1.82) is 0 Å². The number of amides is 2. The number of hydrogen-bond donors (Lipinski definition) is 1. The number of nitrogens with zero attached hydrogens (tertiary/aromatic N) is 1. The van der Waals surface area contributed by atoms with Gasteiger partial charge in [-0.1, -0.05) is 0 Å². The van der Waals surface area contributed by atoms with Crippen LogP contribution in [0.25, 0.3) is 0 Å². The third kappa shape index (κ3) is 5.75. The van der Waals surface area contributed by atoms with Crippen molar-refractivity contribution in [2.75, 3.05) is 30.3 Å². The minimum absolute atomic E-state index is 0.0927. The minimum Gasteiger partial charge on any atom is -0.465 e. The quantitative estimate of drug-likeness (QED) is 0.303. The van der Waals surface area contributed by atoms with Gasteiger partial charge in [0.2, 0.25) is 5.91 Å². The molecule has 1 aromatic rings. The topological polar surface area (TPSA) is 102 Å². The first kappa shape index (κ1) is 23.7. The summed E-state index contributed by atoms with van der Waals surface area (Å²) in [7, 11) is 0. The van der Waals surface area contributed by atoms with E-state index in [4.69, 9.17) is 9.47 Å². The molecule has 0 radical (unpaired) electrons. The van der Waals surface area contributed by atoms with Gasteiger partial charge in [-0.2, -0.15) is 0 Å². The van der Waals surface area contributed by atoms with Crippen molar-refractivity contribution in [2.24, 2.45) is 5.92 Å². The predicted octanol–water partition coefficient (Wildman–Crippen LogP) is 3.03. The number of esters is 1. The molecule has 1 unspecified atom stereocenters. The Morgan fingerprint density at radius 2 is 1.90 bits per heavy atom. The average Bonchev–Trinajstić information content (AvgIpc) is 2.65. The normalized spacial score (nSPS) is 16.2. The lowest BCUT2D eigenvalue weighted by Gasteiger charge is -2.31. The Balaban J connectivity index is 2.10. The van der Waals surface area contributed by atoms with Crippen LogP contribution in [-0.4, -0.2) is 54.8 Å². The molecule has 1 N–H and O–H groups in total. The van der Waals surface area contributed by atoms with E-state index in [0.717, 1.165) is 4.90 Å². The molecule has 1 aromatic carbocycles. The van der Waals surface area contributed by atoms with Crippen molar-refractivity contribution in [2.45, 2.75) is 45.1 Å². The van der Waals surface area contributed by atoms with Crippen molar-refractivity contribution < 1.29 is 28.7 Å². The first-order chi connectivity index (χ1) is 14.1. The Morgan fingerprint density at radius 1 is 1.20 bits per heavy atom. The van der Waals surface area contributed by atoms with Crippen LogP contribution in [0.1, 0.15) is 45.0 Å². The maximum absolute atomic E-state index is 12.9. The number of Topliss-reactive ketones (excluding diaryl/α,β-unsaturated/α-hetero) is 1. The number of benzene rings is 1. The summed E-state index contributed by atoms with van der Waals surface area (Å²) in [5.41, 5.74) is 0.248. The molecule has 0 aliphatic carbocycles. The van der Waals surface area contributed by atoms with Gasteiger partial charge in [0.1, 0.15) is 5.60 Å². The summed E-state index contributed by atoms with van der Waals surface area (Å²) >= 11 is 1.44. The molecule has 0 saturated carbocycles. The highest BCUT2D eigenvalue weighted by Crippen LogP contribution is 2.34. The molecule has 1 heterocycles. The molecule has 1 atom stereocenters. The van der Waals surface area contributed by atoms with Crippen molar-refractivity contribution in [3.63, 3.8) is 0 Å². The Hall–Kier alpha value is -2.55. The second-order valence-corrected chi connectivity index (χ2v) is 8.76. The second kappa shape index (κ2) is 9.97. The molecule has 164 valence electrons. The molecular formula is C21H28N2O6S. The SMILES string of the molecule is CCOC(=O)C1C(=O)c2cc(SCCNC(=O)OC(C)(C)C)ccc2N(CC)C1=O. The van der Waals surface area contributed by atoms with Crippen molar-refractivity contribution >= 4 is 41.2 Å². The third-order valence-corrected chi connectivity index (χ3v) is 5.17. The number of carbonyl (C=O) groups is 4. The van der Waals surface area contributed by atoms with Gasteiger partial charge in [-0.15, -0.1) is 11.8 Å². The molecule has 2 amide bonds. The van der Waals surface area contributed by atoms with Gasteiger partial charge in [-0.05, 0) is 52.8 Å². The fourth-order valence-corrected chi connectivity index (χ4v) is 3.78. The van der Waals surface area contributed by atoms with E-state index < -0.39 is 35.3 Å². The monoisotopic (exact) mass is 436 g/mol. The Morgan fingerprint density at radius 3 is 2.50 bits per heavy atom. The lowest BCUT2D eigenvalue weighted by molar-refractivity contribution is -0.149. The van der Waals surface area contributed by atoms with Crippen LogP contribution < -0.4 is 10.2 Å². The van der Waals surface area contributed by atoms with Gasteiger partial charge in [0.25, 0.3) is 0 Å². The molecule has 8 nitrogen and oxygen atoms in total. The summed E-state index contributed by atoms with van der Waals surface area (Å²) in [5, 5.41) is 2.68. The van der Waals surface area contributed by atoms with Gasteiger partial charge < -0.3 is 19.7 Å². The molecule has 0 aromatic heterocycles. The van der Waals surface area contributed by atoms with Gasteiger partial charge in [0.05, 0.1) is 12.3 Å². The van der Waals surface area contributed by atoms with E-state index in [1.165, 1.54) is 16.7 Å². The van der Waals surface area contributed by atoms with Crippen LogP contribution in [0.15, 0.2) is 23.1 Å². The lowest BCUT2D eigenvalue weighted by Crippen LogP contribution is -2.48. The zero-order chi connectivity index (χ0) is 22.5. The first-order valence-electron chi connectivity index (χ1n) is 9.85. The summed E-state index contributed by atoms with van der Waals surface area (Å²) in [6.07, 6.45) is -0.488. The van der Waals surface area contributed by atoms with Crippen LogP contribution in [0, 0.1) is 5.92 Å². The molecule has 1 aliphatic heterocycles. The maximum Gasteiger partial charge on any atom is 0.407 e. The molecule has 9 heteroatoms. The highest BCUT2D eigenvalue weighted by molar-refractivity contribution is 7.99. The van der Waals surface area contributed by atoms with E-state index >= 15 is 0 Å². The van der Waals surface area contributed by atoms with E-state index in [1.807, 2.05) is 6.07 Å². The van der Waals surface area contributed by atoms with E-state index in [1.54, 1.807) is 46.8 Å². The highest BCUT2D eigenvalue weighted by Gasteiger charge is 2.44. The second-order valence-electron chi connectivity index (χ2n) is 7.59. The van der Waals surface area contributed by atoms with E-state index in [-0.39, 0.29) is 6.61 Å². The Kier molecular flexibility index (Phi) is 7.89. The minimum atomic E-state index is -1.47. The molecule has 0 fully saturated rings. The molecule has 1 aliphatic rings. The van der Waals surface area contributed by atoms with E-state index in [2.05, 4.69) is 5.32 Å². The first-order valence-corrected chi connectivity index (χ1v) is 10.8. The standard InChI is InChI=1S/C21H28N2O6S/c1-6-23-15-9-8-13(30-11-10-22-20(27)29-21(3,4)5)12-14(15)17(24)16(18(23)25)19(26)28-7-2/h8-9,12,16H,6-7,10-11H2,1-5H3,(H,22,27). The van der Waals surface area contributed by atoms with Crippen LogP contribution in [0.3, 0.4) is 0 Å². The molecule has 0 saturated heterocycles.